The van der Waals surface area contributed by atoms with Gasteiger partial charge in [-0.15, -0.1) is 0 Å². The maximum absolute atomic E-state index is 14.3. The average Bonchev–Trinajstić information content (AvgIpc) is 2.40. The minimum atomic E-state index is -4.02. The Hall–Kier alpha value is -0.540. The molecule has 0 saturated heterocycles. The lowest BCUT2D eigenvalue weighted by Gasteiger charge is -2.26. The van der Waals surface area contributed by atoms with Crippen LogP contribution >= 0.6 is 15.9 Å². The number of benzene rings is 1. The van der Waals surface area contributed by atoms with E-state index in [0.29, 0.717) is 4.47 Å². The quantitative estimate of drug-likeness (QED) is 0.782. The Labute approximate surface area is 132 Å². The molecule has 1 N–H and O–H groups in total. The van der Waals surface area contributed by atoms with Crippen LogP contribution in [0.1, 0.15) is 19.4 Å². The molecule has 0 unspecified atom stereocenters. The molecule has 0 radical (unpaired) electrons. The Morgan fingerprint density at radius 1 is 1.43 bits per heavy atom. The second-order valence-electron chi connectivity index (χ2n) is 4.74. The van der Waals surface area contributed by atoms with Crippen LogP contribution in [0.4, 0.5) is 4.39 Å². The van der Waals surface area contributed by atoms with Crippen molar-refractivity contribution in [3.63, 3.8) is 0 Å². The summed E-state index contributed by atoms with van der Waals surface area (Å²) >= 11 is 3.13. The van der Waals surface area contributed by atoms with Gasteiger partial charge in [-0.25, -0.2) is 12.8 Å². The average molecular weight is 384 g/mol. The molecule has 0 bridgehead atoms. The molecule has 1 aromatic carbocycles. The summed E-state index contributed by atoms with van der Waals surface area (Å²) < 4.78 is 46.0. The number of nitrogens with zero attached hydrogens (tertiary/aromatic N) is 1. The van der Waals surface area contributed by atoms with Crippen LogP contribution in [-0.2, 0) is 21.4 Å². The number of halogens is 2. The summed E-state index contributed by atoms with van der Waals surface area (Å²) in [6.45, 7) is 3.16. The van der Waals surface area contributed by atoms with Crippen molar-refractivity contribution in [2.24, 2.45) is 0 Å². The lowest BCUT2D eigenvalue weighted by atomic mass is 10.2. The fourth-order valence-electron chi connectivity index (χ4n) is 1.88. The Bertz CT molecular complexity index is 592. The largest absolute Gasteiger partial charge is 0.392 e. The van der Waals surface area contributed by atoms with Crippen LogP contribution in [0.2, 0.25) is 0 Å². The first kappa shape index (κ1) is 18.5. The zero-order valence-electron chi connectivity index (χ0n) is 12.1. The number of ether oxygens (including phenoxy) is 1. The predicted molar refractivity (Wildman–Crippen MR) is 80.9 cm³/mol. The number of aliphatic hydroxyl groups excluding tert-OH is 1. The van der Waals surface area contributed by atoms with Crippen LogP contribution in [-0.4, -0.2) is 44.1 Å². The Kier molecular flexibility index (Phi) is 6.73. The first-order valence-electron chi connectivity index (χ1n) is 6.35. The molecular formula is C13H19BrFNO4S. The van der Waals surface area contributed by atoms with Gasteiger partial charge in [0.15, 0.2) is 0 Å². The van der Waals surface area contributed by atoms with E-state index in [1.165, 1.54) is 23.5 Å². The minimum Gasteiger partial charge on any atom is -0.392 e. The third kappa shape index (κ3) is 4.23. The van der Waals surface area contributed by atoms with E-state index in [1.807, 2.05) is 0 Å². The fraction of sp³-hybridized carbons (Fsp3) is 0.538. The van der Waals surface area contributed by atoms with Gasteiger partial charge in [-0.3, -0.25) is 0 Å². The van der Waals surface area contributed by atoms with Gasteiger partial charge in [0.25, 0.3) is 0 Å². The zero-order chi connectivity index (χ0) is 16.2. The third-order valence-corrected chi connectivity index (χ3v) is 5.46. The SMILES string of the molecule is COCCN(C(C)C)S(=O)(=O)c1cc(Br)cc(CO)c1F. The molecule has 1 aromatic rings. The maximum Gasteiger partial charge on any atom is 0.246 e. The zero-order valence-corrected chi connectivity index (χ0v) is 14.5. The fourth-order valence-corrected chi connectivity index (χ4v) is 4.30. The number of hydrogen-bond acceptors (Lipinski definition) is 4. The summed E-state index contributed by atoms with van der Waals surface area (Å²) in [5.41, 5.74) is -0.0709. The van der Waals surface area contributed by atoms with Crippen molar-refractivity contribution in [1.29, 1.82) is 0 Å². The molecule has 5 nitrogen and oxygen atoms in total. The van der Waals surface area contributed by atoms with E-state index in [9.17, 15) is 12.8 Å². The van der Waals surface area contributed by atoms with Crippen LogP contribution in [0.5, 0.6) is 0 Å². The lowest BCUT2D eigenvalue weighted by molar-refractivity contribution is 0.170. The summed E-state index contributed by atoms with van der Waals surface area (Å²) in [4.78, 5) is -0.453. The van der Waals surface area contributed by atoms with Gasteiger partial charge in [-0.1, -0.05) is 15.9 Å². The molecule has 120 valence electrons. The third-order valence-electron chi connectivity index (χ3n) is 2.93. The van der Waals surface area contributed by atoms with Gasteiger partial charge >= 0.3 is 0 Å². The van der Waals surface area contributed by atoms with Gasteiger partial charge in [0.1, 0.15) is 10.7 Å². The van der Waals surface area contributed by atoms with Crippen molar-refractivity contribution in [3.05, 3.63) is 28.0 Å². The van der Waals surface area contributed by atoms with Crippen LogP contribution < -0.4 is 0 Å². The normalized spacial score (nSPS) is 12.4. The maximum atomic E-state index is 14.3. The number of rotatable bonds is 7. The van der Waals surface area contributed by atoms with Crippen LogP contribution in [0.25, 0.3) is 0 Å². The van der Waals surface area contributed by atoms with Crippen molar-refractivity contribution in [2.45, 2.75) is 31.4 Å². The molecule has 0 aromatic heterocycles. The van der Waals surface area contributed by atoms with Gasteiger partial charge in [0.2, 0.25) is 10.0 Å². The molecular weight excluding hydrogens is 365 g/mol. The lowest BCUT2D eigenvalue weighted by Crippen LogP contribution is -2.39. The van der Waals surface area contributed by atoms with Crippen molar-refractivity contribution in [3.8, 4) is 0 Å². The molecule has 8 heteroatoms. The Balaban J connectivity index is 3.37. The van der Waals surface area contributed by atoms with Gasteiger partial charge in [-0.05, 0) is 26.0 Å². The van der Waals surface area contributed by atoms with E-state index >= 15 is 0 Å². The van der Waals surface area contributed by atoms with E-state index in [4.69, 9.17) is 9.84 Å². The second-order valence-corrected chi connectivity index (χ2v) is 7.51. The van der Waals surface area contributed by atoms with Gasteiger partial charge in [0, 0.05) is 29.7 Å². The molecule has 0 fully saturated rings. The van der Waals surface area contributed by atoms with Crippen molar-refractivity contribution >= 4 is 26.0 Å². The van der Waals surface area contributed by atoms with Crippen LogP contribution in [0, 0.1) is 5.82 Å². The summed E-state index contributed by atoms with van der Waals surface area (Å²) in [6.07, 6.45) is 0. The number of hydrogen-bond donors (Lipinski definition) is 1. The van der Waals surface area contributed by atoms with Gasteiger partial charge in [-0.2, -0.15) is 4.31 Å². The summed E-state index contributed by atoms with van der Waals surface area (Å²) in [7, 11) is -2.55. The Morgan fingerprint density at radius 3 is 2.52 bits per heavy atom. The number of sulfonamides is 1. The van der Waals surface area contributed by atoms with Gasteiger partial charge in [0.05, 0.1) is 13.2 Å². The first-order valence-corrected chi connectivity index (χ1v) is 8.58. The molecule has 21 heavy (non-hydrogen) atoms. The van der Waals surface area contributed by atoms with Crippen LogP contribution in [0.15, 0.2) is 21.5 Å². The minimum absolute atomic E-state index is 0.0709. The van der Waals surface area contributed by atoms with E-state index in [0.717, 1.165) is 0 Å². The molecule has 0 atom stereocenters. The highest BCUT2D eigenvalue weighted by atomic mass is 79.9. The van der Waals surface area contributed by atoms with Gasteiger partial charge < -0.3 is 9.84 Å². The molecule has 1 rings (SSSR count). The summed E-state index contributed by atoms with van der Waals surface area (Å²) in [5, 5.41) is 9.13. The second kappa shape index (κ2) is 7.64. The van der Waals surface area contributed by atoms with E-state index in [-0.39, 0.29) is 24.8 Å². The molecule has 0 amide bonds. The molecule has 0 spiro atoms. The van der Waals surface area contributed by atoms with E-state index < -0.39 is 27.3 Å². The standard InChI is InChI=1S/C13H19BrFNO4S/c1-9(2)16(4-5-20-3)21(18,19)12-7-11(14)6-10(8-17)13(12)15/h6-7,9,17H,4-5,8H2,1-3H3. The van der Waals surface area contributed by atoms with Crippen molar-refractivity contribution in [1.82, 2.24) is 4.31 Å². The number of aliphatic hydroxyl groups is 1. The molecule has 0 aliphatic carbocycles. The highest BCUT2D eigenvalue weighted by Crippen LogP contribution is 2.27. The van der Waals surface area contributed by atoms with Crippen molar-refractivity contribution < 1.29 is 22.7 Å². The number of methoxy groups -OCH3 is 1. The van der Waals surface area contributed by atoms with E-state index in [2.05, 4.69) is 15.9 Å². The topological polar surface area (TPSA) is 66.8 Å². The molecule has 0 aliphatic rings. The van der Waals surface area contributed by atoms with E-state index in [1.54, 1.807) is 13.8 Å². The first-order chi connectivity index (χ1) is 9.75. The molecule has 0 aliphatic heterocycles. The smallest absolute Gasteiger partial charge is 0.246 e. The van der Waals surface area contributed by atoms with Crippen LogP contribution in [0.3, 0.4) is 0 Å². The highest BCUT2D eigenvalue weighted by Gasteiger charge is 2.30. The molecule has 0 saturated carbocycles. The summed E-state index contributed by atoms with van der Waals surface area (Å²) in [5.74, 6) is -0.927. The highest BCUT2D eigenvalue weighted by molar-refractivity contribution is 9.10. The summed E-state index contributed by atoms with van der Waals surface area (Å²) in [6, 6.07) is 2.20. The Morgan fingerprint density at radius 2 is 2.05 bits per heavy atom. The monoisotopic (exact) mass is 383 g/mol. The predicted octanol–water partition coefficient (Wildman–Crippen LogP) is 2.13. The molecule has 0 heterocycles. The van der Waals surface area contributed by atoms with Crippen molar-refractivity contribution in [2.75, 3.05) is 20.3 Å².